The highest BCUT2D eigenvalue weighted by molar-refractivity contribution is 5.62. The van der Waals surface area contributed by atoms with Gasteiger partial charge in [0.05, 0.1) is 13.5 Å². The number of rotatable bonds is 4. The molecule has 0 fully saturated rings. The van der Waals surface area contributed by atoms with Gasteiger partial charge in [0.2, 0.25) is 0 Å². The number of methoxy groups -OCH3 is 1. The molecule has 0 amide bonds. The quantitative estimate of drug-likeness (QED) is 0.442. The molecule has 2 heterocycles. The highest BCUT2D eigenvalue weighted by atomic mass is 16.5. The Hall–Kier alpha value is -3.53. The molecule has 1 aliphatic rings. The zero-order valence-electron chi connectivity index (χ0n) is 18.4. The molecule has 1 aliphatic heterocycles. The van der Waals surface area contributed by atoms with Crippen molar-refractivity contribution in [3.8, 4) is 28.4 Å². The predicted octanol–water partition coefficient (Wildman–Crippen LogP) is 4.98. The molecular formula is C27H28N3O+. The van der Waals surface area contributed by atoms with Gasteiger partial charge in [-0.15, -0.1) is 0 Å². The number of para-hydroxylation sites is 3. The van der Waals surface area contributed by atoms with Crippen LogP contribution in [0.25, 0.3) is 22.6 Å². The standard InChI is InChI=1S/C27H28N3O/c1-28(2)22-17-15-21(16-18-22)25-19-29(24-12-6-7-13-26(24)31-3)27-14-8-10-20-9-4-5-11-23(20)30(25)27/h4-7,9,11-13,15-19H,8,10,14H2,1-3H3/q+1. The number of benzene rings is 3. The third kappa shape index (κ3) is 3.38. The van der Waals surface area contributed by atoms with Crippen LogP contribution in [0.15, 0.2) is 79.0 Å². The molecule has 3 aromatic carbocycles. The summed E-state index contributed by atoms with van der Waals surface area (Å²) in [7, 11) is 5.89. The molecule has 0 aliphatic carbocycles. The molecule has 4 aromatic rings. The third-order valence-electron chi connectivity index (χ3n) is 6.13. The first kappa shape index (κ1) is 19.4. The second-order valence-electron chi connectivity index (χ2n) is 8.23. The average Bonchev–Trinajstić information content (AvgIpc) is 3.07. The molecule has 0 spiro atoms. The van der Waals surface area contributed by atoms with Gasteiger partial charge in [0.1, 0.15) is 11.9 Å². The number of hydrogen-bond acceptors (Lipinski definition) is 2. The molecule has 5 rings (SSSR count). The number of ether oxygens (including phenoxy) is 1. The molecule has 0 N–H and O–H groups in total. The van der Waals surface area contributed by atoms with Gasteiger partial charge in [-0.1, -0.05) is 30.3 Å². The van der Waals surface area contributed by atoms with Crippen LogP contribution in [0.5, 0.6) is 5.75 Å². The smallest absolute Gasteiger partial charge is 0.267 e. The normalized spacial score (nSPS) is 12.6. The van der Waals surface area contributed by atoms with Crippen molar-refractivity contribution >= 4 is 5.69 Å². The maximum absolute atomic E-state index is 5.71. The monoisotopic (exact) mass is 410 g/mol. The van der Waals surface area contributed by atoms with Crippen LogP contribution in [0.3, 0.4) is 0 Å². The van der Waals surface area contributed by atoms with Crippen molar-refractivity contribution in [3.05, 3.63) is 90.4 Å². The predicted molar refractivity (Wildman–Crippen MR) is 126 cm³/mol. The van der Waals surface area contributed by atoms with E-state index >= 15 is 0 Å². The van der Waals surface area contributed by atoms with E-state index in [4.69, 9.17) is 4.74 Å². The Morgan fingerprint density at radius 3 is 2.39 bits per heavy atom. The van der Waals surface area contributed by atoms with E-state index in [2.05, 4.69) is 95.0 Å². The highest BCUT2D eigenvalue weighted by Crippen LogP contribution is 2.31. The van der Waals surface area contributed by atoms with Crippen LogP contribution in [-0.4, -0.2) is 25.8 Å². The van der Waals surface area contributed by atoms with Crippen LogP contribution in [-0.2, 0) is 12.8 Å². The van der Waals surface area contributed by atoms with Crippen LogP contribution in [0.4, 0.5) is 5.69 Å². The van der Waals surface area contributed by atoms with Crippen molar-refractivity contribution in [2.24, 2.45) is 0 Å². The van der Waals surface area contributed by atoms with E-state index in [0.29, 0.717) is 0 Å². The number of fused-ring (bicyclic) bond motifs is 3. The first-order valence-corrected chi connectivity index (χ1v) is 10.8. The zero-order chi connectivity index (χ0) is 21.4. The van der Waals surface area contributed by atoms with E-state index in [1.165, 1.54) is 34.0 Å². The van der Waals surface area contributed by atoms with Gasteiger partial charge in [0.25, 0.3) is 5.82 Å². The molecule has 0 unspecified atom stereocenters. The Morgan fingerprint density at radius 2 is 1.61 bits per heavy atom. The van der Waals surface area contributed by atoms with Crippen molar-refractivity contribution in [1.29, 1.82) is 0 Å². The molecular weight excluding hydrogens is 382 g/mol. The number of aromatic nitrogens is 2. The van der Waals surface area contributed by atoms with Gasteiger partial charge in [-0.3, -0.25) is 0 Å². The Labute approximate surface area is 184 Å². The van der Waals surface area contributed by atoms with Crippen LogP contribution in [0.2, 0.25) is 0 Å². The van der Waals surface area contributed by atoms with Crippen molar-refractivity contribution in [2.45, 2.75) is 19.3 Å². The minimum Gasteiger partial charge on any atom is -0.492 e. The lowest BCUT2D eigenvalue weighted by Crippen LogP contribution is -2.36. The molecule has 0 saturated carbocycles. The van der Waals surface area contributed by atoms with Crippen LogP contribution < -0.4 is 14.2 Å². The maximum Gasteiger partial charge on any atom is 0.267 e. The van der Waals surface area contributed by atoms with E-state index in [0.717, 1.165) is 30.7 Å². The summed E-state index contributed by atoms with van der Waals surface area (Å²) < 4.78 is 10.5. The average molecular weight is 411 g/mol. The van der Waals surface area contributed by atoms with Crippen molar-refractivity contribution in [1.82, 2.24) is 4.57 Å². The molecule has 156 valence electrons. The molecule has 4 nitrogen and oxygen atoms in total. The largest absolute Gasteiger partial charge is 0.492 e. The fourth-order valence-electron chi connectivity index (χ4n) is 4.55. The fraction of sp³-hybridized carbons (Fsp3) is 0.222. The minimum absolute atomic E-state index is 0.882. The van der Waals surface area contributed by atoms with Gasteiger partial charge in [0.15, 0.2) is 17.1 Å². The highest BCUT2D eigenvalue weighted by Gasteiger charge is 2.31. The van der Waals surface area contributed by atoms with Gasteiger partial charge < -0.3 is 9.64 Å². The van der Waals surface area contributed by atoms with Gasteiger partial charge >= 0.3 is 0 Å². The summed E-state index contributed by atoms with van der Waals surface area (Å²) in [6.45, 7) is 0. The van der Waals surface area contributed by atoms with Crippen LogP contribution >= 0.6 is 0 Å². The second kappa shape index (κ2) is 7.95. The zero-order valence-corrected chi connectivity index (χ0v) is 18.4. The molecule has 4 heteroatoms. The number of aryl methyl sites for hydroxylation is 1. The molecule has 1 aromatic heterocycles. The van der Waals surface area contributed by atoms with E-state index < -0.39 is 0 Å². The van der Waals surface area contributed by atoms with E-state index in [1.54, 1.807) is 7.11 Å². The van der Waals surface area contributed by atoms with E-state index in [-0.39, 0.29) is 0 Å². The Morgan fingerprint density at radius 1 is 0.871 bits per heavy atom. The summed E-state index contributed by atoms with van der Waals surface area (Å²) in [5, 5.41) is 0. The third-order valence-corrected chi connectivity index (χ3v) is 6.13. The summed E-state index contributed by atoms with van der Waals surface area (Å²) in [5.41, 5.74) is 7.34. The summed E-state index contributed by atoms with van der Waals surface area (Å²) in [6.07, 6.45) is 5.47. The van der Waals surface area contributed by atoms with E-state index in [9.17, 15) is 0 Å². The Bertz CT molecular complexity index is 1220. The van der Waals surface area contributed by atoms with Crippen molar-refractivity contribution in [3.63, 3.8) is 0 Å². The summed E-state index contributed by atoms with van der Waals surface area (Å²) in [5.74, 6) is 2.16. The van der Waals surface area contributed by atoms with Gasteiger partial charge in [-0.25, -0.2) is 0 Å². The minimum atomic E-state index is 0.882. The fourth-order valence-corrected chi connectivity index (χ4v) is 4.55. The summed E-state index contributed by atoms with van der Waals surface area (Å²) in [6, 6.07) is 25.9. The lowest BCUT2D eigenvalue weighted by atomic mass is 10.1. The van der Waals surface area contributed by atoms with E-state index in [1.807, 2.05) is 12.1 Å². The van der Waals surface area contributed by atoms with Crippen LogP contribution in [0, 0.1) is 0 Å². The number of hydrogen-bond donors (Lipinski definition) is 0. The number of imidazole rings is 1. The first-order valence-electron chi connectivity index (χ1n) is 10.8. The summed E-state index contributed by atoms with van der Waals surface area (Å²) >= 11 is 0. The lowest BCUT2D eigenvalue weighted by molar-refractivity contribution is -0.592. The number of nitrogens with zero attached hydrogens (tertiary/aromatic N) is 3. The second-order valence-corrected chi connectivity index (χ2v) is 8.23. The topological polar surface area (TPSA) is 21.3 Å². The molecule has 31 heavy (non-hydrogen) atoms. The first-order chi connectivity index (χ1) is 15.2. The van der Waals surface area contributed by atoms with Gasteiger partial charge in [0, 0.05) is 25.3 Å². The SMILES string of the molecule is COc1ccccc1-n1cc(-c2ccc(N(C)C)cc2)[n+]2c1CCCc1ccccc1-2. The molecule has 0 atom stereocenters. The van der Waals surface area contributed by atoms with Crippen LogP contribution in [0.1, 0.15) is 17.8 Å². The Kier molecular flexibility index (Phi) is 4.99. The Balaban J connectivity index is 1.78. The lowest BCUT2D eigenvalue weighted by Gasteiger charge is -2.12. The molecule has 0 saturated heterocycles. The summed E-state index contributed by atoms with van der Waals surface area (Å²) in [4.78, 5) is 2.13. The molecule has 0 bridgehead atoms. The molecule has 0 radical (unpaired) electrons. The number of anilines is 1. The van der Waals surface area contributed by atoms with Gasteiger partial charge in [-0.05, 0) is 60.9 Å². The van der Waals surface area contributed by atoms with Crippen molar-refractivity contribution < 1.29 is 9.30 Å². The van der Waals surface area contributed by atoms with Gasteiger partial charge in [-0.2, -0.15) is 9.13 Å². The van der Waals surface area contributed by atoms with Crippen molar-refractivity contribution in [2.75, 3.05) is 26.1 Å². The maximum atomic E-state index is 5.71.